The summed E-state index contributed by atoms with van der Waals surface area (Å²) in [7, 11) is -3.78. The Hall–Kier alpha value is -1.35. The second-order valence-electron chi connectivity index (χ2n) is 4.16. The van der Waals surface area contributed by atoms with E-state index >= 15 is 0 Å². The van der Waals surface area contributed by atoms with E-state index in [0.29, 0.717) is 24.7 Å². The first-order valence-corrected chi connectivity index (χ1v) is 7.65. The van der Waals surface area contributed by atoms with Gasteiger partial charge in [-0.2, -0.15) is 4.31 Å². The normalized spacial score (nSPS) is 14.6. The molecule has 0 fully saturated rings. The topological polar surface area (TPSA) is 96.3 Å². The molecule has 112 valence electrons. The molecule has 0 unspecified atom stereocenters. The third-order valence-corrected chi connectivity index (χ3v) is 4.74. The molecule has 2 N–H and O–H groups in total. The Kier molecular flexibility index (Phi) is 4.81. The van der Waals surface area contributed by atoms with Crippen molar-refractivity contribution in [3.63, 3.8) is 0 Å². The maximum absolute atomic E-state index is 12.4. The van der Waals surface area contributed by atoms with Gasteiger partial charge in [-0.05, 0) is 12.1 Å². The molecule has 0 aromatic heterocycles. The van der Waals surface area contributed by atoms with Gasteiger partial charge in [0.2, 0.25) is 10.0 Å². The molecule has 1 aromatic carbocycles. The van der Waals surface area contributed by atoms with E-state index in [-0.39, 0.29) is 31.2 Å². The summed E-state index contributed by atoms with van der Waals surface area (Å²) < 4.78 is 36.5. The van der Waals surface area contributed by atoms with Crippen LogP contribution in [-0.4, -0.2) is 62.5 Å². The standard InChI is InChI=1S/C12H17NO6S/c14-5-3-13(4-6-15)20(16,17)10-1-2-11-12(9-10)19-8-7-18-11/h1-2,9,14-15H,3-8H2. The highest BCUT2D eigenvalue weighted by Gasteiger charge is 2.25. The molecule has 0 radical (unpaired) electrons. The van der Waals surface area contributed by atoms with Crippen molar-refractivity contribution in [1.29, 1.82) is 0 Å². The molecule has 1 aliphatic rings. The Morgan fingerprint density at radius 3 is 2.25 bits per heavy atom. The molecule has 0 atom stereocenters. The summed E-state index contributed by atoms with van der Waals surface area (Å²) in [4.78, 5) is 0.0450. The monoisotopic (exact) mass is 303 g/mol. The maximum atomic E-state index is 12.4. The fraction of sp³-hybridized carbons (Fsp3) is 0.500. The smallest absolute Gasteiger partial charge is 0.243 e. The van der Waals surface area contributed by atoms with Crippen molar-refractivity contribution >= 4 is 10.0 Å². The lowest BCUT2D eigenvalue weighted by Crippen LogP contribution is -2.35. The second kappa shape index (κ2) is 6.40. The van der Waals surface area contributed by atoms with Crippen molar-refractivity contribution in [3.05, 3.63) is 18.2 Å². The minimum absolute atomic E-state index is 0.0450. The lowest BCUT2D eigenvalue weighted by Gasteiger charge is -2.22. The van der Waals surface area contributed by atoms with Gasteiger partial charge in [0.1, 0.15) is 13.2 Å². The van der Waals surface area contributed by atoms with E-state index in [1.54, 1.807) is 0 Å². The van der Waals surface area contributed by atoms with Gasteiger partial charge in [-0.15, -0.1) is 0 Å². The van der Waals surface area contributed by atoms with Crippen LogP contribution in [-0.2, 0) is 10.0 Å². The molecule has 1 heterocycles. The Bertz CT molecular complexity index is 553. The summed E-state index contributed by atoms with van der Waals surface area (Å²) in [6.07, 6.45) is 0. The van der Waals surface area contributed by atoms with Gasteiger partial charge in [-0.3, -0.25) is 0 Å². The minimum Gasteiger partial charge on any atom is -0.486 e. The van der Waals surface area contributed by atoms with E-state index in [0.717, 1.165) is 4.31 Å². The molecule has 20 heavy (non-hydrogen) atoms. The first kappa shape index (κ1) is 15.0. The van der Waals surface area contributed by atoms with Crippen molar-refractivity contribution in [2.24, 2.45) is 0 Å². The van der Waals surface area contributed by atoms with Crippen molar-refractivity contribution in [2.75, 3.05) is 39.5 Å². The largest absolute Gasteiger partial charge is 0.486 e. The van der Waals surface area contributed by atoms with Gasteiger partial charge in [0.15, 0.2) is 11.5 Å². The first-order valence-electron chi connectivity index (χ1n) is 6.21. The number of hydrogen-bond acceptors (Lipinski definition) is 6. The predicted molar refractivity (Wildman–Crippen MR) is 70.4 cm³/mol. The second-order valence-corrected chi connectivity index (χ2v) is 6.09. The molecule has 0 saturated heterocycles. The van der Waals surface area contributed by atoms with Crippen molar-refractivity contribution in [2.45, 2.75) is 4.90 Å². The van der Waals surface area contributed by atoms with E-state index in [2.05, 4.69) is 0 Å². The van der Waals surface area contributed by atoms with Gasteiger partial charge in [0, 0.05) is 19.2 Å². The molecule has 7 nitrogen and oxygen atoms in total. The quantitative estimate of drug-likeness (QED) is 0.731. The highest BCUT2D eigenvalue weighted by atomic mass is 32.2. The number of benzene rings is 1. The number of hydrogen-bond donors (Lipinski definition) is 2. The average Bonchev–Trinajstić information content (AvgIpc) is 2.46. The molecule has 1 aromatic rings. The molecule has 0 amide bonds. The van der Waals surface area contributed by atoms with Gasteiger partial charge in [0.25, 0.3) is 0 Å². The number of fused-ring (bicyclic) bond motifs is 1. The highest BCUT2D eigenvalue weighted by Crippen LogP contribution is 2.33. The fourth-order valence-corrected chi connectivity index (χ4v) is 3.35. The lowest BCUT2D eigenvalue weighted by molar-refractivity contribution is 0.171. The Balaban J connectivity index is 2.32. The Morgan fingerprint density at radius 2 is 1.65 bits per heavy atom. The third kappa shape index (κ3) is 3.04. The molecular formula is C12H17NO6S. The summed E-state index contributed by atoms with van der Waals surface area (Å²) in [5, 5.41) is 17.9. The summed E-state index contributed by atoms with van der Waals surface area (Å²) in [6, 6.07) is 4.35. The van der Waals surface area contributed by atoms with Crippen LogP contribution in [0.5, 0.6) is 11.5 Å². The third-order valence-electron chi connectivity index (χ3n) is 2.85. The van der Waals surface area contributed by atoms with Crippen molar-refractivity contribution < 1.29 is 28.1 Å². The first-order chi connectivity index (χ1) is 9.59. The van der Waals surface area contributed by atoms with Crippen LogP contribution < -0.4 is 9.47 Å². The van der Waals surface area contributed by atoms with Gasteiger partial charge in [-0.25, -0.2) is 8.42 Å². The molecule has 0 saturated carbocycles. The molecule has 8 heteroatoms. The predicted octanol–water partition coefficient (Wildman–Crippen LogP) is -0.567. The van der Waals surface area contributed by atoms with Crippen LogP contribution in [0, 0.1) is 0 Å². The summed E-state index contributed by atoms with van der Waals surface area (Å²) >= 11 is 0. The number of sulfonamides is 1. The zero-order valence-corrected chi connectivity index (χ0v) is 11.7. The van der Waals surface area contributed by atoms with Crippen LogP contribution in [0.2, 0.25) is 0 Å². The van der Waals surface area contributed by atoms with Crippen LogP contribution >= 0.6 is 0 Å². The van der Waals surface area contributed by atoms with Crippen LogP contribution in [0.1, 0.15) is 0 Å². The Morgan fingerprint density at radius 1 is 1.05 bits per heavy atom. The van der Waals surface area contributed by atoms with E-state index < -0.39 is 10.0 Å². The SMILES string of the molecule is O=S(=O)(c1ccc2c(c1)OCCO2)N(CCO)CCO. The number of aliphatic hydroxyl groups excluding tert-OH is 2. The maximum Gasteiger partial charge on any atom is 0.243 e. The van der Waals surface area contributed by atoms with Gasteiger partial charge >= 0.3 is 0 Å². The van der Waals surface area contributed by atoms with Crippen LogP contribution in [0.15, 0.2) is 23.1 Å². The summed E-state index contributed by atoms with van der Waals surface area (Å²) in [6.45, 7) is 0.0238. The molecule has 1 aliphatic heterocycles. The van der Waals surface area contributed by atoms with Crippen molar-refractivity contribution in [3.8, 4) is 11.5 Å². The van der Waals surface area contributed by atoms with Crippen LogP contribution in [0.4, 0.5) is 0 Å². The number of nitrogens with zero attached hydrogens (tertiary/aromatic N) is 1. The average molecular weight is 303 g/mol. The van der Waals surface area contributed by atoms with Crippen LogP contribution in [0.25, 0.3) is 0 Å². The molecule has 0 spiro atoms. The van der Waals surface area contributed by atoms with E-state index in [9.17, 15) is 8.42 Å². The van der Waals surface area contributed by atoms with E-state index in [1.165, 1.54) is 18.2 Å². The number of rotatable bonds is 6. The van der Waals surface area contributed by atoms with Crippen LogP contribution in [0.3, 0.4) is 0 Å². The van der Waals surface area contributed by atoms with Gasteiger partial charge in [-0.1, -0.05) is 0 Å². The molecule has 2 rings (SSSR count). The fourth-order valence-electron chi connectivity index (χ4n) is 1.91. The van der Waals surface area contributed by atoms with Gasteiger partial charge in [0.05, 0.1) is 18.1 Å². The molecule has 0 bridgehead atoms. The van der Waals surface area contributed by atoms with E-state index in [4.69, 9.17) is 19.7 Å². The number of aliphatic hydroxyl groups is 2. The zero-order chi connectivity index (χ0) is 14.6. The van der Waals surface area contributed by atoms with E-state index in [1.807, 2.05) is 0 Å². The molecular weight excluding hydrogens is 286 g/mol. The summed E-state index contributed by atoms with van der Waals surface area (Å²) in [5.41, 5.74) is 0. The Labute approximate surface area is 117 Å². The molecule has 0 aliphatic carbocycles. The number of ether oxygens (including phenoxy) is 2. The van der Waals surface area contributed by atoms with Gasteiger partial charge < -0.3 is 19.7 Å². The van der Waals surface area contributed by atoms with Crippen molar-refractivity contribution in [1.82, 2.24) is 4.31 Å². The minimum atomic E-state index is -3.78. The highest BCUT2D eigenvalue weighted by molar-refractivity contribution is 7.89. The zero-order valence-electron chi connectivity index (χ0n) is 10.9. The summed E-state index contributed by atoms with van der Waals surface area (Å²) in [5.74, 6) is 0.885. The lowest BCUT2D eigenvalue weighted by atomic mass is 10.3.